The van der Waals surface area contributed by atoms with Crippen molar-refractivity contribution in [3.05, 3.63) is 35.6 Å². The summed E-state index contributed by atoms with van der Waals surface area (Å²) >= 11 is 0. The Morgan fingerprint density at radius 2 is 1.94 bits per heavy atom. The zero-order valence-electron chi connectivity index (χ0n) is 11.5. The van der Waals surface area contributed by atoms with E-state index >= 15 is 0 Å². The Morgan fingerprint density at radius 3 is 2.67 bits per heavy atom. The van der Waals surface area contributed by atoms with Crippen LogP contribution in [0.25, 0.3) is 0 Å². The molecule has 0 amide bonds. The van der Waals surface area contributed by atoms with Gasteiger partial charge in [0.2, 0.25) is 0 Å². The Bertz CT molecular complexity index is 375. The predicted octanol–water partition coefficient (Wildman–Crippen LogP) is 3.78. The van der Waals surface area contributed by atoms with Gasteiger partial charge in [-0.3, -0.25) is 0 Å². The standard InChI is InChI=1S/C16H24FN/c1-12(2)18-11-15-8-5-7-13(15)10-14-6-3-4-9-16(14)17/h3-4,6,9,12-13,15,18H,5,7-8,10-11H2,1-2H3. The molecule has 1 fully saturated rings. The summed E-state index contributed by atoms with van der Waals surface area (Å²) in [6.07, 6.45) is 4.73. The number of rotatable bonds is 5. The van der Waals surface area contributed by atoms with Crippen LogP contribution in [0.1, 0.15) is 38.7 Å². The van der Waals surface area contributed by atoms with Gasteiger partial charge < -0.3 is 5.32 Å². The topological polar surface area (TPSA) is 12.0 Å². The lowest BCUT2D eigenvalue weighted by molar-refractivity contribution is 0.351. The van der Waals surface area contributed by atoms with Gasteiger partial charge in [-0.25, -0.2) is 4.39 Å². The third-order valence-corrected chi connectivity index (χ3v) is 4.04. The van der Waals surface area contributed by atoms with Crippen LogP contribution in [-0.4, -0.2) is 12.6 Å². The first-order chi connectivity index (χ1) is 8.66. The largest absolute Gasteiger partial charge is 0.314 e. The summed E-state index contributed by atoms with van der Waals surface area (Å²) in [6.45, 7) is 5.44. The van der Waals surface area contributed by atoms with Crippen LogP contribution < -0.4 is 5.32 Å². The normalized spacial score (nSPS) is 23.8. The molecule has 2 unspecified atom stereocenters. The van der Waals surface area contributed by atoms with Crippen LogP contribution in [0.5, 0.6) is 0 Å². The molecule has 0 aromatic heterocycles. The van der Waals surface area contributed by atoms with Crippen LogP contribution in [0.4, 0.5) is 4.39 Å². The zero-order valence-corrected chi connectivity index (χ0v) is 11.5. The highest BCUT2D eigenvalue weighted by atomic mass is 19.1. The first-order valence-electron chi connectivity index (χ1n) is 7.13. The Hall–Kier alpha value is -0.890. The van der Waals surface area contributed by atoms with E-state index in [2.05, 4.69) is 19.2 Å². The van der Waals surface area contributed by atoms with Crippen LogP contribution in [0.2, 0.25) is 0 Å². The Morgan fingerprint density at radius 1 is 1.22 bits per heavy atom. The number of halogens is 1. The van der Waals surface area contributed by atoms with Crippen molar-refractivity contribution >= 4 is 0 Å². The minimum Gasteiger partial charge on any atom is -0.314 e. The van der Waals surface area contributed by atoms with E-state index in [1.165, 1.54) is 19.3 Å². The van der Waals surface area contributed by atoms with Crippen molar-refractivity contribution in [3.63, 3.8) is 0 Å². The van der Waals surface area contributed by atoms with E-state index in [4.69, 9.17) is 0 Å². The van der Waals surface area contributed by atoms with Gasteiger partial charge in [-0.15, -0.1) is 0 Å². The smallest absolute Gasteiger partial charge is 0.126 e. The van der Waals surface area contributed by atoms with Crippen molar-refractivity contribution in [2.45, 2.75) is 45.6 Å². The fraction of sp³-hybridized carbons (Fsp3) is 0.625. The van der Waals surface area contributed by atoms with Gasteiger partial charge in [0.05, 0.1) is 0 Å². The average molecular weight is 249 g/mol. The quantitative estimate of drug-likeness (QED) is 0.837. The highest BCUT2D eigenvalue weighted by Crippen LogP contribution is 2.34. The molecule has 0 bridgehead atoms. The summed E-state index contributed by atoms with van der Waals surface area (Å²) in [4.78, 5) is 0. The summed E-state index contributed by atoms with van der Waals surface area (Å²) in [5.41, 5.74) is 0.888. The molecule has 0 radical (unpaired) electrons. The molecule has 2 atom stereocenters. The minimum absolute atomic E-state index is 0.0417. The molecule has 1 aliphatic rings. The Kier molecular flexibility index (Phi) is 4.76. The summed E-state index contributed by atoms with van der Waals surface area (Å²) < 4.78 is 13.7. The van der Waals surface area contributed by atoms with Crippen LogP contribution in [-0.2, 0) is 6.42 Å². The molecule has 2 heteroatoms. The van der Waals surface area contributed by atoms with E-state index in [0.717, 1.165) is 18.5 Å². The molecule has 0 aliphatic heterocycles. The zero-order chi connectivity index (χ0) is 13.0. The molecule has 1 aromatic rings. The molecule has 2 rings (SSSR count). The van der Waals surface area contributed by atoms with Crippen molar-refractivity contribution in [3.8, 4) is 0 Å². The average Bonchev–Trinajstić information content (AvgIpc) is 2.77. The SMILES string of the molecule is CC(C)NCC1CCCC1Cc1ccccc1F. The van der Waals surface area contributed by atoms with Gasteiger partial charge >= 0.3 is 0 Å². The molecule has 0 heterocycles. The monoisotopic (exact) mass is 249 g/mol. The molecule has 1 nitrogen and oxygen atoms in total. The van der Waals surface area contributed by atoms with Gasteiger partial charge in [0.25, 0.3) is 0 Å². The van der Waals surface area contributed by atoms with E-state index in [-0.39, 0.29) is 5.82 Å². The molecule has 1 saturated carbocycles. The van der Waals surface area contributed by atoms with E-state index < -0.39 is 0 Å². The minimum atomic E-state index is -0.0417. The lowest BCUT2D eigenvalue weighted by Gasteiger charge is -2.21. The highest BCUT2D eigenvalue weighted by Gasteiger charge is 2.27. The van der Waals surface area contributed by atoms with Crippen molar-refractivity contribution in [2.24, 2.45) is 11.8 Å². The van der Waals surface area contributed by atoms with Gasteiger partial charge in [-0.05, 0) is 49.3 Å². The predicted molar refractivity (Wildman–Crippen MR) is 74.1 cm³/mol. The number of hydrogen-bond donors (Lipinski definition) is 1. The lowest BCUT2D eigenvalue weighted by Crippen LogP contribution is -2.31. The fourth-order valence-corrected chi connectivity index (χ4v) is 2.98. The number of nitrogens with one attached hydrogen (secondary N) is 1. The van der Waals surface area contributed by atoms with E-state index in [1.54, 1.807) is 12.1 Å². The van der Waals surface area contributed by atoms with Gasteiger partial charge in [0, 0.05) is 6.04 Å². The molecule has 1 N–H and O–H groups in total. The van der Waals surface area contributed by atoms with Crippen LogP contribution >= 0.6 is 0 Å². The van der Waals surface area contributed by atoms with Crippen LogP contribution in [0.3, 0.4) is 0 Å². The molecule has 0 spiro atoms. The van der Waals surface area contributed by atoms with Crippen molar-refractivity contribution in [1.82, 2.24) is 5.32 Å². The summed E-state index contributed by atoms with van der Waals surface area (Å²) in [5.74, 6) is 1.32. The van der Waals surface area contributed by atoms with Crippen LogP contribution in [0.15, 0.2) is 24.3 Å². The van der Waals surface area contributed by atoms with Crippen molar-refractivity contribution < 1.29 is 4.39 Å². The third-order valence-electron chi connectivity index (χ3n) is 4.04. The maximum Gasteiger partial charge on any atom is 0.126 e. The maximum absolute atomic E-state index is 13.7. The van der Waals surface area contributed by atoms with E-state index in [0.29, 0.717) is 17.9 Å². The first kappa shape index (κ1) is 13.5. The first-order valence-corrected chi connectivity index (χ1v) is 7.13. The summed E-state index contributed by atoms with van der Waals surface area (Å²) in [5, 5.41) is 3.52. The van der Waals surface area contributed by atoms with E-state index in [9.17, 15) is 4.39 Å². The Labute approximate surface area is 110 Å². The molecule has 0 saturated heterocycles. The summed E-state index contributed by atoms with van der Waals surface area (Å²) in [6, 6.07) is 7.76. The van der Waals surface area contributed by atoms with Gasteiger partial charge in [0.1, 0.15) is 5.82 Å². The molecule has 1 aliphatic carbocycles. The second-order valence-corrected chi connectivity index (χ2v) is 5.81. The van der Waals surface area contributed by atoms with Crippen LogP contribution in [0, 0.1) is 17.7 Å². The molecule has 1 aromatic carbocycles. The van der Waals surface area contributed by atoms with Crippen molar-refractivity contribution in [2.75, 3.05) is 6.54 Å². The van der Waals surface area contributed by atoms with Gasteiger partial charge in [-0.2, -0.15) is 0 Å². The van der Waals surface area contributed by atoms with Gasteiger partial charge in [-0.1, -0.05) is 38.5 Å². The van der Waals surface area contributed by atoms with E-state index in [1.807, 2.05) is 12.1 Å². The molecular formula is C16H24FN. The molecule has 18 heavy (non-hydrogen) atoms. The molecule has 100 valence electrons. The van der Waals surface area contributed by atoms with Gasteiger partial charge in [0.15, 0.2) is 0 Å². The third kappa shape index (κ3) is 3.55. The molecular weight excluding hydrogens is 225 g/mol. The Balaban J connectivity index is 1.93. The number of benzene rings is 1. The number of hydrogen-bond acceptors (Lipinski definition) is 1. The highest BCUT2D eigenvalue weighted by molar-refractivity contribution is 5.18. The lowest BCUT2D eigenvalue weighted by atomic mass is 9.89. The summed E-state index contributed by atoms with van der Waals surface area (Å²) in [7, 11) is 0. The fourth-order valence-electron chi connectivity index (χ4n) is 2.98. The second kappa shape index (κ2) is 6.33. The second-order valence-electron chi connectivity index (χ2n) is 5.81. The van der Waals surface area contributed by atoms with Crippen molar-refractivity contribution in [1.29, 1.82) is 0 Å². The maximum atomic E-state index is 13.7.